The second-order valence-electron chi connectivity index (χ2n) is 3.58. The summed E-state index contributed by atoms with van der Waals surface area (Å²) >= 11 is 0. The molecule has 0 radical (unpaired) electrons. The van der Waals surface area contributed by atoms with Crippen LogP contribution >= 0.6 is 0 Å². The van der Waals surface area contributed by atoms with Crippen LogP contribution in [0.1, 0.15) is 13.8 Å². The summed E-state index contributed by atoms with van der Waals surface area (Å²) in [4.78, 5) is 13.6. The maximum absolute atomic E-state index is 11.4. The number of nitrogens with one attached hydrogen (secondary N) is 2. The first-order chi connectivity index (χ1) is 6.16. The van der Waals surface area contributed by atoms with E-state index >= 15 is 0 Å². The van der Waals surface area contributed by atoms with Crippen LogP contribution in [-0.2, 0) is 4.79 Å². The molecule has 1 rings (SSSR count). The Bertz CT molecular complexity index is 184. The number of nitrogens with zero attached hydrogens (tertiary/aromatic N) is 1. The molecule has 1 aliphatic rings. The van der Waals surface area contributed by atoms with Gasteiger partial charge in [-0.2, -0.15) is 0 Å². The van der Waals surface area contributed by atoms with E-state index in [-0.39, 0.29) is 11.9 Å². The first-order valence-corrected chi connectivity index (χ1v) is 4.85. The predicted molar refractivity (Wildman–Crippen MR) is 52.6 cm³/mol. The molecule has 1 unspecified atom stereocenters. The van der Waals surface area contributed by atoms with E-state index < -0.39 is 0 Å². The number of hydrogen-bond donors (Lipinski definition) is 2. The van der Waals surface area contributed by atoms with Gasteiger partial charge in [0.25, 0.3) is 0 Å². The van der Waals surface area contributed by atoms with Gasteiger partial charge in [-0.25, -0.2) is 0 Å². The molecule has 0 saturated carbocycles. The van der Waals surface area contributed by atoms with E-state index in [1.165, 1.54) is 0 Å². The number of carbonyl (C=O) groups excluding carboxylic acids is 1. The van der Waals surface area contributed by atoms with Crippen molar-refractivity contribution in [1.29, 1.82) is 0 Å². The Morgan fingerprint density at radius 3 is 2.92 bits per heavy atom. The van der Waals surface area contributed by atoms with Gasteiger partial charge in [-0.05, 0) is 13.8 Å². The van der Waals surface area contributed by atoms with Crippen molar-refractivity contribution in [1.82, 2.24) is 15.5 Å². The second kappa shape index (κ2) is 4.58. The quantitative estimate of drug-likeness (QED) is 0.604. The van der Waals surface area contributed by atoms with Crippen molar-refractivity contribution in [3.63, 3.8) is 0 Å². The summed E-state index contributed by atoms with van der Waals surface area (Å²) < 4.78 is 0. The summed E-state index contributed by atoms with van der Waals surface area (Å²) in [6.45, 7) is 7.01. The number of amides is 1. The Morgan fingerprint density at radius 1 is 1.69 bits per heavy atom. The van der Waals surface area contributed by atoms with Gasteiger partial charge in [0.2, 0.25) is 5.91 Å². The second-order valence-corrected chi connectivity index (χ2v) is 3.58. The molecule has 76 valence electrons. The molecule has 0 bridgehead atoms. The minimum atomic E-state index is -0.0119. The lowest BCUT2D eigenvalue weighted by molar-refractivity contribution is -0.126. The zero-order valence-corrected chi connectivity index (χ0v) is 8.63. The van der Waals surface area contributed by atoms with Crippen molar-refractivity contribution in [2.24, 2.45) is 0 Å². The Morgan fingerprint density at radius 2 is 2.38 bits per heavy atom. The van der Waals surface area contributed by atoms with Gasteiger partial charge in [0.05, 0.1) is 6.04 Å². The highest BCUT2D eigenvalue weighted by molar-refractivity contribution is 5.81. The molecule has 2 N–H and O–H groups in total. The van der Waals surface area contributed by atoms with Gasteiger partial charge in [0.15, 0.2) is 0 Å². The van der Waals surface area contributed by atoms with E-state index in [4.69, 9.17) is 0 Å². The molecule has 1 amide bonds. The van der Waals surface area contributed by atoms with Crippen molar-refractivity contribution < 1.29 is 4.79 Å². The Hall–Kier alpha value is -0.610. The fraction of sp³-hybridized carbons (Fsp3) is 0.889. The van der Waals surface area contributed by atoms with Gasteiger partial charge in [-0.1, -0.05) is 0 Å². The third-order valence-electron chi connectivity index (χ3n) is 2.68. The molecular formula is C9H19N3O. The third kappa shape index (κ3) is 2.42. The van der Waals surface area contributed by atoms with Crippen LogP contribution in [0.2, 0.25) is 0 Å². The van der Waals surface area contributed by atoms with Crippen LogP contribution in [0.25, 0.3) is 0 Å². The molecule has 1 aliphatic heterocycles. The summed E-state index contributed by atoms with van der Waals surface area (Å²) in [7, 11) is 1.69. The molecule has 4 nitrogen and oxygen atoms in total. The molecule has 0 aromatic rings. The van der Waals surface area contributed by atoms with Crippen LogP contribution in [0, 0.1) is 0 Å². The van der Waals surface area contributed by atoms with Crippen LogP contribution in [-0.4, -0.2) is 49.6 Å². The van der Waals surface area contributed by atoms with Crippen LogP contribution in [0.3, 0.4) is 0 Å². The van der Waals surface area contributed by atoms with E-state index in [1.807, 2.05) is 6.92 Å². The lowest BCUT2D eigenvalue weighted by atomic mass is 10.1. The van der Waals surface area contributed by atoms with Gasteiger partial charge < -0.3 is 10.6 Å². The first kappa shape index (κ1) is 10.5. The third-order valence-corrected chi connectivity index (χ3v) is 2.68. The summed E-state index contributed by atoms with van der Waals surface area (Å²) in [6.07, 6.45) is 0. The number of hydrogen-bond acceptors (Lipinski definition) is 3. The Balaban J connectivity index is 2.53. The highest BCUT2D eigenvalue weighted by Gasteiger charge is 2.26. The van der Waals surface area contributed by atoms with Gasteiger partial charge in [0.1, 0.15) is 0 Å². The van der Waals surface area contributed by atoms with E-state index in [0.29, 0.717) is 6.04 Å². The fourth-order valence-electron chi connectivity index (χ4n) is 1.79. The summed E-state index contributed by atoms with van der Waals surface area (Å²) in [5, 5.41) is 5.98. The smallest absolute Gasteiger partial charge is 0.236 e. The Labute approximate surface area is 79.7 Å². The molecule has 0 aromatic heterocycles. The topological polar surface area (TPSA) is 44.4 Å². The average molecular weight is 185 g/mol. The van der Waals surface area contributed by atoms with Gasteiger partial charge in [0, 0.05) is 32.7 Å². The van der Waals surface area contributed by atoms with Crippen molar-refractivity contribution in [2.75, 3.05) is 26.7 Å². The zero-order chi connectivity index (χ0) is 9.84. The SMILES string of the molecule is CNC(=O)C(C)N1CCNC[C@H]1C. The highest BCUT2D eigenvalue weighted by atomic mass is 16.2. The number of rotatable bonds is 2. The lowest BCUT2D eigenvalue weighted by Gasteiger charge is -2.37. The van der Waals surface area contributed by atoms with Crippen molar-refractivity contribution >= 4 is 5.91 Å². The highest BCUT2D eigenvalue weighted by Crippen LogP contribution is 2.07. The molecular weight excluding hydrogens is 166 g/mol. The number of likely N-dealkylation sites (N-methyl/N-ethyl adjacent to an activating group) is 1. The standard InChI is InChI=1S/C9H19N3O/c1-7-6-11-4-5-12(7)8(2)9(13)10-3/h7-8,11H,4-6H2,1-3H3,(H,10,13)/t7-,8?/m1/s1. The minimum absolute atomic E-state index is 0.0119. The van der Waals surface area contributed by atoms with Crippen LogP contribution in [0.5, 0.6) is 0 Å². The van der Waals surface area contributed by atoms with E-state index in [1.54, 1.807) is 7.05 Å². The van der Waals surface area contributed by atoms with Crippen molar-refractivity contribution in [2.45, 2.75) is 25.9 Å². The zero-order valence-electron chi connectivity index (χ0n) is 8.63. The molecule has 1 heterocycles. The number of carbonyl (C=O) groups is 1. The summed E-state index contributed by atoms with van der Waals surface area (Å²) in [5.74, 6) is 0.105. The van der Waals surface area contributed by atoms with E-state index in [0.717, 1.165) is 19.6 Å². The summed E-state index contributed by atoms with van der Waals surface area (Å²) in [6, 6.07) is 0.433. The molecule has 2 atom stereocenters. The van der Waals surface area contributed by atoms with E-state index in [2.05, 4.69) is 22.5 Å². The molecule has 1 saturated heterocycles. The molecule has 0 aromatic carbocycles. The average Bonchev–Trinajstić information content (AvgIpc) is 2.16. The normalized spacial score (nSPS) is 26.8. The van der Waals surface area contributed by atoms with Crippen LogP contribution < -0.4 is 10.6 Å². The fourth-order valence-corrected chi connectivity index (χ4v) is 1.79. The molecule has 4 heteroatoms. The maximum atomic E-state index is 11.4. The molecule has 1 fully saturated rings. The van der Waals surface area contributed by atoms with Crippen LogP contribution in [0.4, 0.5) is 0 Å². The molecule has 13 heavy (non-hydrogen) atoms. The maximum Gasteiger partial charge on any atom is 0.236 e. The van der Waals surface area contributed by atoms with Gasteiger partial charge in [-0.15, -0.1) is 0 Å². The lowest BCUT2D eigenvalue weighted by Crippen LogP contribution is -2.56. The first-order valence-electron chi connectivity index (χ1n) is 4.85. The van der Waals surface area contributed by atoms with E-state index in [9.17, 15) is 4.79 Å². The van der Waals surface area contributed by atoms with Gasteiger partial charge >= 0.3 is 0 Å². The minimum Gasteiger partial charge on any atom is -0.358 e. The summed E-state index contributed by atoms with van der Waals surface area (Å²) in [5.41, 5.74) is 0. The largest absolute Gasteiger partial charge is 0.358 e. The van der Waals surface area contributed by atoms with Crippen LogP contribution in [0.15, 0.2) is 0 Å². The van der Waals surface area contributed by atoms with Crippen molar-refractivity contribution in [3.8, 4) is 0 Å². The van der Waals surface area contributed by atoms with Gasteiger partial charge in [-0.3, -0.25) is 9.69 Å². The number of piperazine rings is 1. The van der Waals surface area contributed by atoms with Crippen molar-refractivity contribution in [3.05, 3.63) is 0 Å². The predicted octanol–water partition coefficient (Wildman–Crippen LogP) is -0.585. The Kier molecular flexibility index (Phi) is 3.69. The monoisotopic (exact) mass is 185 g/mol. The molecule has 0 spiro atoms. The molecule has 0 aliphatic carbocycles.